The smallest absolute Gasteiger partial charge is 0.224 e. The summed E-state index contributed by atoms with van der Waals surface area (Å²) in [5, 5.41) is 2.88. The fraction of sp³-hybridized carbons (Fsp3) is 0.462. The molecule has 0 fully saturated rings. The normalized spacial score (nSPS) is 11.2. The van der Waals surface area contributed by atoms with E-state index >= 15 is 0 Å². The van der Waals surface area contributed by atoms with Gasteiger partial charge in [-0.15, -0.1) is 0 Å². The molecule has 0 saturated heterocycles. The lowest BCUT2D eigenvalue weighted by atomic mass is 10.2. The number of benzene rings is 1. The number of carbonyl (C=O) groups is 1. The number of hydrogen-bond acceptors (Lipinski definition) is 1. The monoisotopic (exact) mass is 221 g/mol. The van der Waals surface area contributed by atoms with E-state index in [2.05, 4.69) is 26.5 Å². The molecule has 0 aromatic heterocycles. The van der Waals surface area contributed by atoms with Gasteiger partial charge in [-0.3, -0.25) is 4.79 Å². The van der Waals surface area contributed by atoms with Crippen LogP contribution in [-0.2, 0) is 4.79 Å². The Kier molecular flexibility index (Phi) is 4.50. The molecule has 1 amide bonds. The molecule has 3 nitrogen and oxygen atoms in total. The maximum atomic E-state index is 11.6. The molecule has 0 aliphatic carbocycles. The Balaban J connectivity index is 2.27. The maximum absolute atomic E-state index is 11.6. The molecule has 88 valence electrons. The standard InChI is InChI=1S/C13H20N2O/c1-15(2,3)11-7-10-13(16)14-12-8-5-4-6-9-12/h4-6,8-9H,7,10-11H2,1-3H3/p+1. The van der Waals surface area contributed by atoms with E-state index in [9.17, 15) is 4.79 Å². The van der Waals surface area contributed by atoms with E-state index < -0.39 is 0 Å². The van der Waals surface area contributed by atoms with Gasteiger partial charge in [0, 0.05) is 18.5 Å². The molecule has 0 saturated carbocycles. The van der Waals surface area contributed by atoms with E-state index in [1.165, 1.54) is 0 Å². The van der Waals surface area contributed by atoms with Gasteiger partial charge >= 0.3 is 0 Å². The predicted octanol–water partition coefficient (Wildman–Crippen LogP) is 2.11. The number of carbonyl (C=O) groups excluding carboxylic acids is 1. The molecule has 0 bridgehead atoms. The molecule has 0 aliphatic rings. The summed E-state index contributed by atoms with van der Waals surface area (Å²) < 4.78 is 0.901. The van der Waals surface area contributed by atoms with Crippen molar-refractivity contribution in [3.63, 3.8) is 0 Å². The van der Waals surface area contributed by atoms with Crippen LogP contribution in [0.25, 0.3) is 0 Å². The molecule has 1 N–H and O–H groups in total. The van der Waals surface area contributed by atoms with Crippen LogP contribution >= 0.6 is 0 Å². The van der Waals surface area contributed by atoms with Gasteiger partial charge in [-0.05, 0) is 12.1 Å². The van der Waals surface area contributed by atoms with Gasteiger partial charge in [0.1, 0.15) is 0 Å². The zero-order valence-corrected chi connectivity index (χ0v) is 10.4. The van der Waals surface area contributed by atoms with Crippen molar-refractivity contribution in [2.45, 2.75) is 12.8 Å². The first kappa shape index (κ1) is 12.7. The fourth-order valence-corrected chi connectivity index (χ4v) is 1.46. The quantitative estimate of drug-likeness (QED) is 0.758. The molecular weight excluding hydrogens is 200 g/mol. The third-order valence-electron chi connectivity index (χ3n) is 2.29. The van der Waals surface area contributed by atoms with Crippen LogP contribution in [0.2, 0.25) is 0 Å². The molecule has 1 aromatic carbocycles. The van der Waals surface area contributed by atoms with Crippen molar-refractivity contribution in [2.24, 2.45) is 0 Å². The Hall–Kier alpha value is -1.35. The van der Waals surface area contributed by atoms with E-state index in [4.69, 9.17) is 0 Å². The molecular formula is C13H21N2O+. The molecule has 1 aromatic rings. The van der Waals surface area contributed by atoms with E-state index in [0.717, 1.165) is 23.1 Å². The van der Waals surface area contributed by atoms with Gasteiger partial charge in [-0.25, -0.2) is 0 Å². The number of hydrogen-bond donors (Lipinski definition) is 1. The van der Waals surface area contributed by atoms with Crippen LogP contribution < -0.4 is 5.32 Å². The summed E-state index contributed by atoms with van der Waals surface area (Å²) in [5.41, 5.74) is 0.873. The van der Waals surface area contributed by atoms with E-state index in [-0.39, 0.29) is 5.91 Å². The van der Waals surface area contributed by atoms with Crippen LogP contribution in [0.15, 0.2) is 30.3 Å². The summed E-state index contributed by atoms with van der Waals surface area (Å²) in [4.78, 5) is 11.6. The highest BCUT2D eigenvalue weighted by Crippen LogP contribution is 2.06. The van der Waals surface area contributed by atoms with E-state index in [1.54, 1.807) is 0 Å². The van der Waals surface area contributed by atoms with Gasteiger partial charge in [-0.1, -0.05) is 18.2 Å². The Morgan fingerprint density at radius 2 is 1.81 bits per heavy atom. The zero-order valence-electron chi connectivity index (χ0n) is 10.4. The second-order valence-electron chi connectivity index (χ2n) is 5.03. The lowest BCUT2D eigenvalue weighted by Gasteiger charge is -2.23. The molecule has 1 rings (SSSR count). The second-order valence-corrected chi connectivity index (χ2v) is 5.03. The van der Waals surface area contributed by atoms with Gasteiger partial charge in [0.05, 0.1) is 27.7 Å². The highest BCUT2D eigenvalue weighted by molar-refractivity contribution is 5.90. The summed E-state index contributed by atoms with van der Waals surface area (Å²) in [6.07, 6.45) is 1.51. The first-order valence-electron chi connectivity index (χ1n) is 5.63. The highest BCUT2D eigenvalue weighted by atomic mass is 16.1. The number of amides is 1. The first-order valence-corrected chi connectivity index (χ1v) is 5.63. The van der Waals surface area contributed by atoms with Gasteiger partial charge < -0.3 is 9.80 Å². The summed E-state index contributed by atoms with van der Waals surface area (Å²) in [6, 6.07) is 9.57. The molecule has 0 spiro atoms. The molecule has 0 atom stereocenters. The lowest BCUT2D eigenvalue weighted by Crippen LogP contribution is -2.35. The average molecular weight is 221 g/mol. The molecule has 0 radical (unpaired) electrons. The average Bonchev–Trinajstić information content (AvgIpc) is 2.17. The highest BCUT2D eigenvalue weighted by Gasteiger charge is 2.08. The lowest BCUT2D eigenvalue weighted by molar-refractivity contribution is -0.870. The molecule has 0 aliphatic heterocycles. The minimum Gasteiger partial charge on any atom is -0.331 e. The third-order valence-corrected chi connectivity index (χ3v) is 2.29. The van der Waals surface area contributed by atoms with Crippen LogP contribution in [0.3, 0.4) is 0 Å². The maximum Gasteiger partial charge on any atom is 0.224 e. The fourth-order valence-electron chi connectivity index (χ4n) is 1.46. The number of para-hydroxylation sites is 1. The van der Waals surface area contributed by atoms with Gasteiger partial charge in [-0.2, -0.15) is 0 Å². The minimum atomic E-state index is 0.0969. The minimum absolute atomic E-state index is 0.0969. The molecule has 16 heavy (non-hydrogen) atoms. The Morgan fingerprint density at radius 3 is 2.38 bits per heavy atom. The van der Waals surface area contributed by atoms with Crippen molar-refractivity contribution in [2.75, 3.05) is 33.0 Å². The van der Waals surface area contributed by atoms with E-state index in [0.29, 0.717) is 6.42 Å². The number of anilines is 1. The van der Waals surface area contributed by atoms with Crippen LogP contribution in [0.1, 0.15) is 12.8 Å². The van der Waals surface area contributed by atoms with Gasteiger partial charge in [0.15, 0.2) is 0 Å². The number of quaternary nitrogens is 1. The van der Waals surface area contributed by atoms with Gasteiger partial charge in [0.25, 0.3) is 0 Å². The molecule has 0 heterocycles. The van der Waals surface area contributed by atoms with Crippen molar-refractivity contribution < 1.29 is 9.28 Å². The molecule has 0 unspecified atom stereocenters. The SMILES string of the molecule is C[N+](C)(C)CCCC(=O)Nc1ccccc1. The van der Waals surface area contributed by atoms with Crippen LogP contribution in [0, 0.1) is 0 Å². The first-order chi connectivity index (χ1) is 7.47. The second kappa shape index (κ2) is 5.66. The zero-order chi connectivity index (χ0) is 12.0. The number of rotatable bonds is 5. The summed E-state index contributed by atoms with van der Waals surface area (Å²) in [5.74, 6) is 0.0969. The van der Waals surface area contributed by atoms with Gasteiger partial charge in [0.2, 0.25) is 5.91 Å². The third kappa shape index (κ3) is 5.51. The Labute approximate surface area is 97.7 Å². The predicted molar refractivity (Wildman–Crippen MR) is 67.2 cm³/mol. The van der Waals surface area contributed by atoms with Crippen molar-refractivity contribution in [3.8, 4) is 0 Å². The van der Waals surface area contributed by atoms with Crippen LogP contribution in [0.5, 0.6) is 0 Å². The van der Waals surface area contributed by atoms with Crippen molar-refractivity contribution in [1.29, 1.82) is 0 Å². The largest absolute Gasteiger partial charge is 0.331 e. The van der Waals surface area contributed by atoms with Crippen LogP contribution in [-0.4, -0.2) is 38.1 Å². The Bertz CT molecular complexity index is 328. The van der Waals surface area contributed by atoms with E-state index in [1.807, 2.05) is 30.3 Å². The summed E-state index contributed by atoms with van der Waals surface area (Å²) >= 11 is 0. The van der Waals surface area contributed by atoms with Crippen LogP contribution in [0.4, 0.5) is 5.69 Å². The summed E-state index contributed by atoms with van der Waals surface area (Å²) in [6.45, 7) is 1.02. The van der Waals surface area contributed by atoms with Crippen molar-refractivity contribution in [3.05, 3.63) is 30.3 Å². The Morgan fingerprint density at radius 1 is 1.19 bits per heavy atom. The van der Waals surface area contributed by atoms with Crippen molar-refractivity contribution >= 4 is 11.6 Å². The number of nitrogens with zero attached hydrogens (tertiary/aromatic N) is 1. The molecule has 3 heteroatoms. The van der Waals surface area contributed by atoms with Crippen molar-refractivity contribution in [1.82, 2.24) is 0 Å². The number of nitrogens with one attached hydrogen (secondary N) is 1. The summed E-state index contributed by atoms with van der Waals surface area (Å²) in [7, 11) is 6.40. The topological polar surface area (TPSA) is 29.1 Å².